The number of aromatic nitrogens is 3. The van der Waals surface area contributed by atoms with Gasteiger partial charge < -0.3 is 4.98 Å². The average molecular weight is 305 g/mol. The zero-order valence-electron chi connectivity index (χ0n) is 13.0. The first kappa shape index (κ1) is 14.1. The Kier molecular flexibility index (Phi) is 3.66. The molecular weight excluding hydrogens is 286 g/mol. The van der Waals surface area contributed by atoms with Crippen molar-refractivity contribution >= 4 is 16.9 Å². The number of aromatic amines is 1. The molecule has 1 aliphatic rings. The summed E-state index contributed by atoms with van der Waals surface area (Å²) in [5.74, 6) is 0.692. The Bertz CT molecular complexity index is 834. The number of nitrogens with zero attached hydrogens (tertiary/aromatic N) is 2. The van der Waals surface area contributed by atoms with Gasteiger partial charge in [-0.2, -0.15) is 0 Å². The number of carbonyl (C=O) groups is 1. The van der Waals surface area contributed by atoms with Crippen molar-refractivity contribution in [2.75, 3.05) is 0 Å². The number of nitrogens with one attached hydrogen (secondary N) is 1. The minimum absolute atomic E-state index is 0.148. The molecule has 4 heteroatoms. The predicted octanol–water partition coefficient (Wildman–Crippen LogP) is 4.04. The van der Waals surface area contributed by atoms with Crippen molar-refractivity contribution in [2.45, 2.75) is 38.0 Å². The summed E-state index contributed by atoms with van der Waals surface area (Å²) < 4.78 is 0. The van der Waals surface area contributed by atoms with E-state index >= 15 is 0 Å². The quantitative estimate of drug-likeness (QED) is 0.699. The zero-order valence-corrected chi connectivity index (χ0v) is 13.0. The van der Waals surface area contributed by atoms with Gasteiger partial charge in [0, 0.05) is 18.5 Å². The van der Waals surface area contributed by atoms with Crippen molar-refractivity contribution in [3.8, 4) is 0 Å². The number of aryl methyl sites for hydroxylation is 1. The van der Waals surface area contributed by atoms with Crippen molar-refractivity contribution in [3.63, 3.8) is 0 Å². The third kappa shape index (κ3) is 3.02. The first-order valence-corrected chi connectivity index (χ1v) is 8.22. The third-order valence-corrected chi connectivity index (χ3v) is 4.41. The molecular formula is C19H19N3O. The maximum atomic E-state index is 12.5. The van der Waals surface area contributed by atoms with E-state index in [2.05, 4.69) is 27.1 Å². The summed E-state index contributed by atoms with van der Waals surface area (Å²) >= 11 is 0. The first-order valence-electron chi connectivity index (χ1n) is 8.22. The number of benzene rings is 1. The summed E-state index contributed by atoms with van der Waals surface area (Å²) in [6, 6.07) is 10.3. The number of carbonyl (C=O) groups excluding carboxylic acids is 1. The fourth-order valence-corrected chi connectivity index (χ4v) is 2.93. The third-order valence-electron chi connectivity index (χ3n) is 4.41. The Morgan fingerprint density at radius 1 is 1.22 bits per heavy atom. The molecule has 2 aromatic heterocycles. The van der Waals surface area contributed by atoms with Gasteiger partial charge in [-0.15, -0.1) is 0 Å². The van der Waals surface area contributed by atoms with Crippen LogP contribution in [0.5, 0.6) is 0 Å². The van der Waals surface area contributed by atoms with Gasteiger partial charge in [0.2, 0.25) is 0 Å². The molecule has 0 aliphatic heterocycles. The molecule has 116 valence electrons. The normalized spacial score (nSPS) is 14.3. The molecule has 4 nitrogen and oxygen atoms in total. The van der Waals surface area contributed by atoms with E-state index in [0.717, 1.165) is 24.1 Å². The van der Waals surface area contributed by atoms with E-state index in [1.807, 2.05) is 24.4 Å². The number of hydrogen-bond donors (Lipinski definition) is 1. The predicted molar refractivity (Wildman–Crippen MR) is 89.6 cm³/mol. The molecule has 1 aromatic carbocycles. The lowest BCUT2D eigenvalue weighted by Crippen LogP contribution is -2.01. The lowest BCUT2D eigenvalue weighted by Gasteiger charge is -2.02. The lowest BCUT2D eigenvalue weighted by atomic mass is 10.0. The molecule has 1 N–H and O–H groups in total. The summed E-state index contributed by atoms with van der Waals surface area (Å²) in [6.45, 7) is 0. The van der Waals surface area contributed by atoms with E-state index in [-0.39, 0.29) is 5.78 Å². The van der Waals surface area contributed by atoms with Crippen LogP contribution in [0.4, 0.5) is 0 Å². The molecule has 23 heavy (non-hydrogen) atoms. The zero-order chi connectivity index (χ0) is 15.6. The Morgan fingerprint density at radius 2 is 2.04 bits per heavy atom. The number of Topliss-reactive ketones (excluding diaryl/α,β-unsaturated/α-hetero) is 1. The molecule has 0 spiro atoms. The van der Waals surface area contributed by atoms with Crippen LogP contribution in [0.2, 0.25) is 0 Å². The topological polar surface area (TPSA) is 58.6 Å². The second-order valence-corrected chi connectivity index (χ2v) is 6.23. The molecule has 0 radical (unpaired) electrons. The summed E-state index contributed by atoms with van der Waals surface area (Å²) in [5.41, 5.74) is 4.42. The summed E-state index contributed by atoms with van der Waals surface area (Å²) in [4.78, 5) is 24.7. The van der Waals surface area contributed by atoms with Crippen molar-refractivity contribution in [1.29, 1.82) is 0 Å². The van der Waals surface area contributed by atoms with Crippen LogP contribution >= 0.6 is 0 Å². The molecule has 3 aromatic rings. The van der Waals surface area contributed by atoms with Gasteiger partial charge in [0.1, 0.15) is 5.52 Å². The SMILES string of the molecule is O=C(CCCc1ccccc1)c1c[nH]c2ncc(C3CC3)nc12. The average Bonchev–Trinajstić information content (AvgIpc) is 3.35. The van der Waals surface area contributed by atoms with E-state index in [1.54, 1.807) is 6.20 Å². The molecule has 0 atom stereocenters. The van der Waals surface area contributed by atoms with Gasteiger partial charge in [-0.25, -0.2) is 9.97 Å². The van der Waals surface area contributed by atoms with Crippen LogP contribution < -0.4 is 0 Å². The van der Waals surface area contributed by atoms with E-state index in [0.29, 0.717) is 23.5 Å². The van der Waals surface area contributed by atoms with Crippen LogP contribution in [-0.2, 0) is 6.42 Å². The van der Waals surface area contributed by atoms with Crippen LogP contribution in [0.1, 0.15) is 53.2 Å². The number of fused-ring (bicyclic) bond motifs is 1. The monoisotopic (exact) mass is 305 g/mol. The molecule has 4 rings (SSSR count). The van der Waals surface area contributed by atoms with Crippen molar-refractivity contribution < 1.29 is 4.79 Å². The molecule has 0 unspecified atom stereocenters. The maximum absolute atomic E-state index is 12.5. The fraction of sp³-hybridized carbons (Fsp3) is 0.316. The first-order chi connectivity index (χ1) is 11.3. The van der Waals surface area contributed by atoms with E-state index in [1.165, 1.54) is 18.4 Å². The second-order valence-electron chi connectivity index (χ2n) is 6.23. The molecule has 2 heterocycles. The van der Waals surface area contributed by atoms with Crippen molar-refractivity contribution in [3.05, 3.63) is 59.5 Å². The van der Waals surface area contributed by atoms with Gasteiger partial charge in [-0.1, -0.05) is 30.3 Å². The number of H-pyrrole nitrogens is 1. The van der Waals surface area contributed by atoms with Gasteiger partial charge >= 0.3 is 0 Å². The van der Waals surface area contributed by atoms with E-state index in [9.17, 15) is 4.79 Å². The van der Waals surface area contributed by atoms with Gasteiger partial charge in [-0.05, 0) is 31.2 Å². The van der Waals surface area contributed by atoms with E-state index < -0.39 is 0 Å². The van der Waals surface area contributed by atoms with Crippen LogP contribution in [0, 0.1) is 0 Å². The summed E-state index contributed by atoms with van der Waals surface area (Å²) in [5, 5.41) is 0. The highest BCUT2D eigenvalue weighted by molar-refractivity contribution is 6.05. The number of hydrogen-bond acceptors (Lipinski definition) is 3. The molecule has 0 amide bonds. The number of ketones is 1. The van der Waals surface area contributed by atoms with Crippen LogP contribution in [-0.4, -0.2) is 20.7 Å². The fourth-order valence-electron chi connectivity index (χ4n) is 2.93. The summed E-state index contributed by atoms with van der Waals surface area (Å²) in [7, 11) is 0. The molecule has 1 aliphatic carbocycles. The molecule has 1 saturated carbocycles. The van der Waals surface area contributed by atoms with Crippen LogP contribution in [0.3, 0.4) is 0 Å². The highest BCUT2D eigenvalue weighted by Gasteiger charge is 2.26. The van der Waals surface area contributed by atoms with Crippen LogP contribution in [0.15, 0.2) is 42.7 Å². The van der Waals surface area contributed by atoms with Crippen molar-refractivity contribution in [1.82, 2.24) is 15.0 Å². The standard InChI is InChI=1S/C19H19N3O/c23-17(8-4-7-13-5-2-1-3-6-13)15-11-20-19-18(15)22-16(12-21-19)14-9-10-14/h1-3,5-6,11-12,14H,4,7-10H2,(H,20,21). The highest BCUT2D eigenvalue weighted by atomic mass is 16.1. The van der Waals surface area contributed by atoms with E-state index in [4.69, 9.17) is 0 Å². The minimum atomic E-state index is 0.148. The van der Waals surface area contributed by atoms with Gasteiger partial charge in [0.25, 0.3) is 0 Å². The smallest absolute Gasteiger partial charge is 0.166 e. The highest BCUT2D eigenvalue weighted by Crippen LogP contribution is 2.39. The Labute approximate surface area is 135 Å². The number of rotatable bonds is 6. The summed E-state index contributed by atoms with van der Waals surface area (Å²) in [6.07, 6.45) is 8.28. The lowest BCUT2D eigenvalue weighted by molar-refractivity contribution is 0.0981. The van der Waals surface area contributed by atoms with Gasteiger partial charge in [0.15, 0.2) is 11.4 Å². The van der Waals surface area contributed by atoms with Gasteiger partial charge in [0.05, 0.1) is 17.5 Å². The molecule has 1 fully saturated rings. The Hall–Kier alpha value is -2.49. The Balaban J connectivity index is 1.47. The second kappa shape index (κ2) is 5.95. The molecule has 0 saturated heterocycles. The minimum Gasteiger partial charge on any atom is -0.344 e. The van der Waals surface area contributed by atoms with Gasteiger partial charge in [-0.3, -0.25) is 4.79 Å². The molecule has 0 bridgehead atoms. The maximum Gasteiger partial charge on any atom is 0.166 e. The van der Waals surface area contributed by atoms with Crippen LogP contribution in [0.25, 0.3) is 11.2 Å². The van der Waals surface area contributed by atoms with Crippen molar-refractivity contribution in [2.24, 2.45) is 0 Å². The Morgan fingerprint density at radius 3 is 2.83 bits per heavy atom. The largest absolute Gasteiger partial charge is 0.344 e.